The summed E-state index contributed by atoms with van der Waals surface area (Å²) in [6, 6.07) is 8.52. The van der Waals surface area contributed by atoms with Crippen LogP contribution in [0.3, 0.4) is 0 Å². The van der Waals surface area contributed by atoms with Crippen molar-refractivity contribution >= 4 is 11.7 Å². The van der Waals surface area contributed by atoms with Crippen molar-refractivity contribution in [2.45, 2.75) is 26.1 Å². The minimum atomic E-state index is -0.587. The molecule has 6 nitrogen and oxygen atoms in total. The van der Waals surface area contributed by atoms with E-state index < -0.39 is 6.10 Å². The van der Waals surface area contributed by atoms with Crippen molar-refractivity contribution in [3.8, 4) is 5.75 Å². The highest BCUT2D eigenvalue weighted by molar-refractivity contribution is 6.03. The summed E-state index contributed by atoms with van der Waals surface area (Å²) in [5, 5.41) is 16.2. The summed E-state index contributed by atoms with van der Waals surface area (Å²) in [6.45, 7) is 3.42. The van der Waals surface area contributed by atoms with Gasteiger partial charge in [0.25, 0.3) is 5.91 Å². The van der Waals surface area contributed by atoms with E-state index in [9.17, 15) is 9.90 Å². The van der Waals surface area contributed by atoms with Crippen LogP contribution in [0.15, 0.2) is 36.5 Å². The summed E-state index contributed by atoms with van der Waals surface area (Å²) in [5.41, 5.74) is 0.468. The molecule has 0 aliphatic heterocycles. The van der Waals surface area contributed by atoms with Crippen molar-refractivity contribution < 1.29 is 14.6 Å². The molecule has 0 bridgehead atoms. The van der Waals surface area contributed by atoms with Crippen molar-refractivity contribution in [3.05, 3.63) is 42.1 Å². The highest BCUT2D eigenvalue weighted by Gasteiger charge is 2.12. The van der Waals surface area contributed by atoms with Gasteiger partial charge in [0.1, 0.15) is 11.9 Å². The Hall–Kier alpha value is -2.34. The fourth-order valence-corrected chi connectivity index (χ4v) is 1.69. The maximum absolute atomic E-state index is 12.1. The highest BCUT2D eigenvalue weighted by Crippen LogP contribution is 2.17. The lowest BCUT2D eigenvalue weighted by Crippen LogP contribution is -2.25. The lowest BCUT2D eigenvalue weighted by Gasteiger charge is -2.17. The Balaban J connectivity index is 2.07. The normalized spacial score (nSPS) is 13.5. The lowest BCUT2D eigenvalue weighted by atomic mass is 10.2. The van der Waals surface area contributed by atoms with Crippen LogP contribution in [0, 0.1) is 0 Å². The number of rotatable bonds is 5. The first-order chi connectivity index (χ1) is 9.95. The fraction of sp³-hybridized carbons (Fsp3) is 0.333. The zero-order valence-corrected chi connectivity index (χ0v) is 12.3. The van der Waals surface area contributed by atoms with E-state index in [0.717, 1.165) is 0 Å². The van der Waals surface area contributed by atoms with Gasteiger partial charge in [0.2, 0.25) is 0 Å². The van der Waals surface area contributed by atoms with E-state index in [0.29, 0.717) is 17.1 Å². The zero-order valence-electron chi connectivity index (χ0n) is 12.3. The molecule has 1 heterocycles. The summed E-state index contributed by atoms with van der Waals surface area (Å²) in [5.74, 6) is 0.770. The van der Waals surface area contributed by atoms with Gasteiger partial charge < -0.3 is 15.2 Å². The fourth-order valence-electron chi connectivity index (χ4n) is 1.69. The third-order valence-corrected chi connectivity index (χ3v) is 3.05. The molecule has 2 aromatic rings. The second-order valence-electron chi connectivity index (χ2n) is 4.92. The van der Waals surface area contributed by atoms with Crippen LogP contribution >= 0.6 is 0 Å². The van der Waals surface area contributed by atoms with Crippen LogP contribution in [0.4, 0.5) is 5.82 Å². The van der Waals surface area contributed by atoms with Crippen molar-refractivity contribution in [1.29, 1.82) is 0 Å². The number of aromatic nitrogens is 2. The molecule has 0 aliphatic carbocycles. The van der Waals surface area contributed by atoms with Crippen LogP contribution in [0.2, 0.25) is 0 Å². The Morgan fingerprint density at radius 3 is 2.76 bits per heavy atom. The number of amides is 1. The summed E-state index contributed by atoms with van der Waals surface area (Å²) < 4.78 is 7.18. The molecule has 112 valence electrons. The number of aliphatic hydroxyl groups is 1. The van der Waals surface area contributed by atoms with E-state index in [1.165, 1.54) is 0 Å². The largest absolute Gasteiger partial charge is 0.488 e. The van der Waals surface area contributed by atoms with Crippen molar-refractivity contribution in [1.82, 2.24) is 9.78 Å². The van der Waals surface area contributed by atoms with Gasteiger partial charge in [0.05, 0.1) is 6.10 Å². The van der Waals surface area contributed by atoms with Crippen LogP contribution in [0.5, 0.6) is 5.75 Å². The molecule has 2 rings (SSSR count). The Kier molecular flexibility index (Phi) is 4.59. The van der Waals surface area contributed by atoms with Gasteiger partial charge in [-0.2, -0.15) is 5.10 Å². The third-order valence-electron chi connectivity index (χ3n) is 3.05. The molecule has 0 saturated heterocycles. The Morgan fingerprint density at radius 2 is 2.14 bits per heavy atom. The van der Waals surface area contributed by atoms with Gasteiger partial charge in [0, 0.05) is 24.9 Å². The smallest absolute Gasteiger partial charge is 0.256 e. The molecule has 1 aromatic heterocycles. The number of benzene rings is 1. The SMILES string of the molecule is C[C@H](O)[C@H](C)Oc1cccc(C(=O)Nc2ccn(C)n2)c1. The molecule has 1 amide bonds. The number of carbonyl (C=O) groups excluding carboxylic acids is 1. The zero-order chi connectivity index (χ0) is 15.4. The number of hydrogen-bond acceptors (Lipinski definition) is 4. The van der Waals surface area contributed by atoms with Crippen molar-refractivity contribution in [3.63, 3.8) is 0 Å². The average Bonchev–Trinajstić information content (AvgIpc) is 2.84. The Morgan fingerprint density at radius 1 is 1.38 bits per heavy atom. The van der Waals surface area contributed by atoms with E-state index in [1.807, 2.05) is 0 Å². The van der Waals surface area contributed by atoms with E-state index in [2.05, 4.69) is 10.4 Å². The predicted molar refractivity (Wildman–Crippen MR) is 79.4 cm³/mol. The van der Waals surface area contributed by atoms with E-state index in [4.69, 9.17) is 4.74 Å². The number of nitrogens with zero attached hydrogens (tertiary/aromatic N) is 2. The molecular formula is C15H19N3O3. The summed E-state index contributed by atoms with van der Waals surface area (Å²) in [7, 11) is 1.78. The molecular weight excluding hydrogens is 270 g/mol. The number of anilines is 1. The maximum atomic E-state index is 12.1. The maximum Gasteiger partial charge on any atom is 0.256 e. The molecule has 0 aliphatic rings. The Bertz CT molecular complexity index is 622. The topological polar surface area (TPSA) is 76.4 Å². The van der Waals surface area contributed by atoms with Crippen molar-refractivity contribution in [2.24, 2.45) is 7.05 Å². The van der Waals surface area contributed by atoms with Gasteiger partial charge in [-0.05, 0) is 32.0 Å². The number of aryl methyl sites for hydroxylation is 1. The number of carbonyl (C=O) groups is 1. The quantitative estimate of drug-likeness (QED) is 0.880. The summed E-state index contributed by atoms with van der Waals surface area (Å²) in [6.07, 6.45) is 0.814. The first-order valence-electron chi connectivity index (χ1n) is 6.71. The second-order valence-corrected chi connectivity index (χ2v) is 4.92. The van der Waals surface area contributed by atoms with Gasteiger partial charge in [-0.15, -0.1) is 0 Å². The minimum Gasteiger partial charge on any atom is -0.488 e. The lowest BCUT2D eigenvalue weighted by molar-refractivity contribution is 0.0604. The van der Waals surface area contributed by atoms with Crippen LogP contribution in [-0.2, 0) is 7.05 Å². The molecule has 0 fully saturated rings. The van der Waals surface area contributed by atoms with Gasteiger partial charge in [-0.1, -0.05) is 6.07 Å². The van der Waals surface area contributed by atoms with E-state index in [-0.39, 0.29) is 12.0 Å². The van der Waals surface area contributed by atoms with E-state index in [1.54, 1.807) is 62.1 Å². The number of nitrogens with one attached hydrogen (secondary N) is 1. The van der Waals surface area contributed by atoms with Gasteiger partial charge in [0.15, 0.2) is 5.82 Å². The molecule has 2 atom stereocenters. The monoisotopic (exact) mass is 289 g/mol. The number of ether oxygens (including phenoxy) is 1. The van der Waals surface area contributed by atoms with Crippen LogP contribution in [0.25, 0.3) is 0 Å². The molecule has 21 heavy (non-hydrogen) atoms. The molecule has 0 radical (unpaired) electrons. The van der Waals surface area contributed by atoms with Crippen LogP contribution in [-0.4, -0.2) is 33.0 Å². The third kappa shape index (κ3) is 4.06. The molecule has 6 heteroatoms. The summed E-state index contributed by atoms with van der Waals surface area (Å²) in [4.78, 5) is 12.1. The van der Waals surface area contributed by atoms with Gasteiger partial charge in [-0.25, -0.2) is 0 Å². The van der Waals surface area contributed by atoms with Crippen molar-refractivity contribution in [2.75, 3.05) is 5.32 Å². The van der Waals surface area contributed by atoms with Crippen LogP contribution in [0.1, 0.15) is 24.2 Å². The van der Waals surface area contributed by atoms with E-state index >= 15 is 0 Å². The van der Waals surface area contributed by atoms with Gasteiger partial charge >= 0.3 is 0 Å². The minimum absolute atomic E-state index is 0.260. The average molecular weight is 289 g/mol. The molecule has 1 aromatic carbocycles. The summed E-state index contributed by atoms with van der Waals surface area (Å²) >= 11 is 0. The number of hydrogen-bond donors (Lipinski definition) is 2. The molecule has 2 N–H and O–H groups in total. The Labute approximate surface area is 123 Å². The van der Waals surface area contributed by atoms with Crippen LogP contribution < -0.4 is 10.1 Å². The van der Waals surface area contributed by atoms with Gasteiger partial charge in [-0.3, -0.25) is 9.48 Å². The molecule has 0 saturated carbocycles. The number of aliphatic hydroxyl groups excluding tert-OH is 1. The second kappa shape index (κ2) is 6.41. The molecule has 0 spiro atoms. The molecule has 0 unspecified atom stereocenters. The standard InChI is InChI=1S/C15H19N3O3/c1-10(19)11(2)21-13-6-4-5-12(9-13)15(20)16-14-7-8-18(3)17-14/h4-11,19H,1-3H3,(H,16,17,20)/t10-,11-/m0/s1. The predicted octanol–water partition coefficient (Wildman–Crippen LogP) is 1.82. The highest BCUT2D eigenvalue weighted by atomic mass is 16.5. The first-order valence-corrected chi connectivity index (χ1v) is 6.71. The first kappa shape index (κ1) is 15.1.